The molecule has 1 aromatic heterocycles. The van der Waals surface area contributed by atoms with E-state index >= 15 is 0 Å². The third-order valence-corrected chi connectivity index (χ3v) is 2.97. The van der Waals surface area contributed by atoms with Crippen LogP contribution < -0.4 is 0 Å². The zero-order valence-corrected chi connectivity index (χ0v) is 8.98. The molecule has 0 N–H and O–H groups in total. The van der Waals surface area contributed by atoms with E-state index in [9.17, 15) is 9.18 Å². The van der Waals surface area contributed by atoms with Gasteiger partial charge in [0.05, 0.1) is 5.41 Å². The molecule has 1 heterocycles. The largest absolute Gasteiger partial charge is 0.299 e. The molecule has 3 heteroatoms. The summed E-state index contributed by atoms with van der Waals surface area (Å²) in [7, 11) is 0. The average molecular weight is 217 g/mol. The lowest BCUT2D eigenvalue weighted by atomic mass is 9.73. The number of carbonyl (C=O) groups is 1. The number of allylic oxidation sites excluding steroid dienone is 4. The molecule has 0 spiro atoms. The van der Waals surface area contributed by atoms with Crippen molar-refractivity contribution >= 4 is 5.78 Å². The second-order valence-corrected chi connectivity index (χ2v) is 3.89. The number of hydrogen-bond donors (Lipinski definition) is 0. The van der Waals surface area contributed by atoms with E-state index in [1.54, 1.807) is 30.6 Å². The van der Waals surface area contributed by atoms with Gasteiger partial charge in [0.25, 0.3) is 0 Å². The molecule has 1 aliphatic rings. The Balaban J connectivity index is 2.47. The molecule has 0 saturated heterocycles. The zero-order chi connectivity index (χ0) is 11.6. The maximum Gasteiger partial charge on any atom is 0.144 e. The van der Waals surface area contributed by atoms with E-state index in [0.29, 0.717) is 6.42 Å². The minimum absolute atomic E-state index is 0.0127. The third-order valence-electron chi connectivity index (χ3n) is 2.97. The summed E-state index contributed by atoms with van der Waals surface area (Å²) < 4.78 is 13.0. The van der Waals surface area contributed by atoms with Gasteiger partial charge in [0, 0.05) is 12.4 Å². The Morgan fingerprint density at radius 2 is 2.12 bits per heavy atom. The zero-order valence-electron chi connectivity index (χ0n) is 8.98. The third kappa shape index (κ3) is 1.69. The van der Waals surface area contributed by atoms with E-state index in [-0.39, 0.29) is 11.6 Å². The van der Waals surface area contributed by atoms with Gasteiger partial charge in [0.2, 0.25) is 0 Å². The molecule has 0 aromatic carbocycles. The fourth-order valence-electron chi connectivity index (χ4n) is 1.94. The second-order valence-electron chi connectivity index (χ2n) is 3.89. The Labute approximate surface area is 93.5 Å². The van der Waals surface area contributed by atoms with Crippen molar-refractivity contribution in [3.63, 3.8) is 0 Å². The summed E-state index contributed by atoms with van der Waals surface area (Å²) >= 11 is 0. The number of halogens is 1. The Hall–Kier alpha value is -1.77. The summed E-state index contributed by atoms with van der Waals surface area (Å²) in [5.41, 5.74) is 0.133. The van der Waals surface area contributed by atoms with Crippen molar-refractivity contribution in [2.24, 2.45) is 0 Å². The molecule has 0 radical (unpaired) electrons. The van der Waals surface area contributed by atoms with Gasteiger partial charge in [0.15, 0.2) is 0 Å². The van der Waals surface area contributed by atoms with Crippen LogP contribution in [0.5, 0.6) is 0 Å². The molecule has 0 saturated carbocycles. The van der Waals surface area contributed by atoms with Gasteiger partial charge in [0.1, 0.15) is 11.6 Å². The molecule has 1 aliphatic carbocycles. The summed E-state index contributed by atoms with van der Waals surface area (Å²) in [5.74, 6) is -0.273. The lowest BCUT2D eigenvalue weighted by Crippen LogP contribution is -2.32. The van der Waals surface area contributed by atoms with Crippen LogP contribution in [0.2, 0.25) is 0 Å². The molecule has 16 heavy (non-hydrogen) atoms. The predicted molar refractivity (Wildman–Crippen MR) is 59.5 cm³/mol. The van der Waals surface area contributed by atoms with E-state index in [0.717, 1.165) is 5.56 Å². The molecule has 2 rings (SSSR count). The van der Waals surface area contributed by atoms with E-state index in [1.165, 1.54) is 19.1 Å². The second kappa shape index (κ2) is 4.00. The summed E-state index contributed by atoms with van der Waals surface area (Å²) in [6.07, 6.45) is 8.09. The fourth-order valence-corrected chi connectivity index (χ4v) is 1.94. The van der Waals surface area contributed by atoms with Crippen molar-refractivity contribution in [2.45, 2.75) is 18.8 Å². The molecular formula is C13H12FNO. The average Bonchev–Trinajstić information content (AvgIpc) is 2.31. The van der Waals surface area contributed by atoms with Gasteiger partial charge in [-0.2, -0.15) is 0 Å². The fraction of sp³-hybridized carbons (Fsp3) is 0.231. The van der Waals surface area contributed by atoms with Crippen LogP contribution in [0, 0.1) is 0 Å². The van der Waals surface area contributed by atoms with E-state index < -0.39 is 5.41 Å². The first-order chi connectivity index (χ1) is 7.65. The van der Waals surface area contributed by atoms with Gasteiger partial charge in [-0.1, -0.05) is 6.08 Å². The molecule has 0 aliphatic heterocycles. The van der Waals surface area contributed by atoms with E-state index in [2.05, 4.69) is 4.98 Å². The highest BCUT2D eigenvalue weighted by atomic mass is 19.1. The first kappa shape index (κ1) is 10.7. The summed E-state index contributed by atoms with van der Waals surface area (Å²) in [5, 5.41) is 0. The van der Waals surface area contributed by atoms with E-state index in [4.69, 9.17) is 0 Å². The number of rotatable bonds is 2. The Kier molecular flexibility index (Phi) is 2.69. The van der Waals surface area contributed by atoms with Gasteiger partial charge in [-0.3, -0.25) is 9.78 Å². The molecule has 0 bridgehead atoms. The highest BCUT2D eigenvalue weighted by Crippen LogP contribution is 2.34. The number of carbonyl (C=O) groups excluding carboxylic acids is 1. The number of nitrogens with zero attached hydrogens (tertiary/aromatic N) is 1. The van der Waals surface area contributed by atoms with Crippen LogP contribution in [0.4, 0.5) is 4.39 Å². The number of hydrogen-bond acceptors (Lipinski definition) is 2. The van der Waals surface area contributed by atoms with Crippen molar-refractivity contribution in [3.05, 3.63) is 54.1 Å². The molecule has 1 aromatic rings. The van der Waals surface area contributed by atoms with Crippen LogP contribution in [0.15, 0.2) is 48.6 Å². The summed E-state index contributed by atoms with van der Waals surface area (Å²) in [6.45, 7) is 1.53. The molecule has 1 atom stereocenters. The van der Waals surface area contributed by atoms with Crippen LogP contribution in [-0.4, -0.2) is 10.8 Å². The smallest absolute Gasteiger partial charge is 0.144 e. The summed E-state index contributed by atoms with van der Waals surface area (Å²) in [6, 6.07) is 3.59. The number of aromatic nitrogens is 1. The molecule has 0 amide bonds. The highest BCUT2D eigenvalue weighted by Gasteiger charge is 2.35. The summed E-state index contributed by atoms with van der Waals surface area (Å²) in [4.78, 5) is 15.7. The molecule has 82 valence electrons. The van der Waals surface area contributed by atoms with Gasteiger partial charge >= 0.3 is 0 Å². The molecule has 1 unspecified atom stereocenters. The van der Waals surface area contributed by atoms with Gasteiger partial charge < -0.3 is 0 Å². The topological polar surface area (TPSA) is 30.0 Å². The normalized spacial score (nSPS) is 24.0. The first-order valence-electron chi connectivity index (χ1n) is 5.11. The Bertz CT molecular complexity index is 464. The molecule has 2 nitrogen and oxygen atoms in total. The van der Waals surface area contributed by atoms with Crippen LogP contribution in [0.25, 0.3) is 0 Å². The number of Topliss-reactive ketones (excluding diaryl/α,β-unsaturated/α-hetero) is 1. The maximum atomic E-state index is 13.0. The molecular weight excluding hydrogens is 205 g/mol. The number of ketones is 1. The van der Waals surface area contributed by atoms with Crippen molar-refractivity contribution in [3.8, 4) is 0 Å². The molecule has 0 fully saturated rings. The monoisotopic (exact) mass is 217 g/mol. The maximum absolute atomic E-state index is 13.0. The predicted octanol–water partition coefficient (Wildman–Crippen LogP) is 2.72. The Morgan fingerprint density at radius 3 is 2.62 bits per heavy atom. The van der Waals surface area contributed by atoms with Crippen LogP contribution >= 0.6 is 0 Å². The Morgan fingerprint density at radius 1 is 1.44 bits per heavy atom. The lowest BCUT2D eigenvalue weighted by molar-refractivity contribution is -0.120. The van der Waals surface area contributed by atoms with Crippen LogP contribution in [0.1, 0.15) is 18.9 Å². The van der Waals surface area contributed by atoms with Gasteiger partial charge in [-0.05, 0) is 43.2 Å². The van der Waals surface area contributed by atoms with Crippen molar-refractivity contribution < 1.29 is 9.18 Å². The quantitative estimate of drug-likeness (QED) is 0.762. The minimum atomic E-state index is -0.724. The SMILES string of the molecule is CC(=O)C1(c2ccncc2)C=CC(F)=CC1. The van der Waals surface area contributed by atoms with Crippen molar-refractivity contribution in [2.75, 3.05) is 0 Å². The van der Waals surface area contributed by atoms with Crippen molar-refractivity contribution in [1.29, 1.82) is 0 Å². The first-order valence-corrected chi connectivity index (χ1v) is 5.11. The van der Waals surface area contributed by atoms with E-state index in [1.807, 2.05) is 0 Å². The highest BCUT2D eigenvalue weighted by molar-refractivity contribution is 5.91. The standard InChI is InChI=1S/C13H12FNO/c1-10(16)13(6-2-12(14)3-7-13)11-4-8-15-9-5-11/h2-6,8-9H,7H2,1H3. The van der Waals surface area contributed by atoms with Crippen molar-refractivity contribution in [1.82, 2.24) is 4.98 Å². The van der Waals surface area contributed by atoms with Gasteiger partial charge in [-0.25, -0.2) is 4.39 Å². The van der Waals surface area contributed by atoms with Crippen LogP contribution in [0.3, 0.4) is 0 Å². The number of pyridine rings is 1. The van der Waals surface area contributed by atoms with Gasteiger partial charge in [-0.15, -0.1) is 0 Å². The minimum Gasteiger partial charge on any atom is -0.299 e. The lowest BCUT2D eigenvalue weighted by Gasteiger charge is -2.29. The van der Waals surface area contributed by atoms with Crippen LogP contribution in [-0.2, 0) is 10.2 Å².